The Hall–Kier alpha value is -4.62. The van der Waals surface area contributed by atoms with Crippen molar-refractivity contribution in [1.29, 1.82) is 0 Å². The van der Waals surface area contributed by atoms with Crippen molar-refractivity contribution >= 4 is 28.5 Å². The van der Waals surface area contributed by atoms with Gasteiger partial charge >= 0.3 is 6.18 Å². The summed E-state index contributed by atoms with van der Waals surface area (Å²) < 4.78 is 58.0. The number of alkyl halides is 3. The lowest BCUT2D eigenvalue weighted by molar-refractivity contribution is -0.142. The SMILES string of the molecule is COc1ccc(F)cc1C(=O)NCc1ccc(-c2nn(CC(F)(F)F)c(N)c2C(N)=O)c2cn[nH]c12. The molecule has 0 saturated carbocycles. The van der Waals surface area contributed by atoms with E-state index >= 15 is 0 Å². The summed E-state index contributed by atoms with van der Waals surface area (Å²) in [7, 11) is 1.35. The van der Waals surface area contributed by atoms with E-state index in [2.05, 4.69) is 20.6 Å². The average Bonchev–Trinajstić information content (AvgIpc) is 3.41. The summed E-state index contributed by atoms with van der Waals surface area (Å²) in [5.41, 5.74) is 11.8. The summed E-state index contributed by atoms with van der Waals surface area (Å²) in [5.74, 6) is -2.60. The fourth-order valence-corrected chi connectivity index (χ4v) is 3.77. The van der Waals surface area contributed by atoms with Gasteiger partial charge in [0.2, 0.25) is 0 Å². The van der Waals surface area contributed by atoms with Gasteiger partial charge in [-0.15, -0.1) is 0 Å². The fraction of sp³-hybridized carbons (Fsp3) is 0.182. The van der Waals surface area contributed by atoms with E-state index in [1.54, 1.807) is 6.07 Å². The molecule has 2 amide bonds. The Morgan fingerprint density at radius 3 is 2.64 bits per heavy atom. The highest BCUT2D eigenvalue weighted by atomic mass is 19.4. The number of aromatic nitrogens is 4. The van der Waals surface area contributed by atoms with E-state index in [1.807, 2.05) is 0 Å². The minimum atomic E-state index is -4.64. The van der Waals surface area contributed by atoms with E-state index < -0.39 is 36.2 Å². The number of nitrogen functional groups attached to an aromatic ring is 1. The molecule has 0 bridgehead atoms. The average molecular weight is 505 g/mol. The van der Waals surface area contributed by atoms with Crippen LogP contribution in [0.25, 0.3) is 22.2 Å². The van der Waals surface area contributed by atoms with Crippen LogP contribution in [0.5, 0.6) is 5.75 Å². The zero-order chi connectivity index (χ0) is 26.2. The number of hydrogen-bond acceptors (Lipinski definition) is 6. The third kappa shape index (κ3) is 4.64. The molecule has 36 heavy (non-hydrogen) atoms. The number of aromatic amines is 1. The standard InChI is InChI=1S/C22H19F4N7O3/c1-36-15-5-3-11(23)6-13(15)21(35)29-7-10-2-4-12(14-8-30-31-17(10)14)18-16(20(28)34)19(27)33(32-18)9-22(24,25)26/h2-6,8H,7,9,27H2,1H3,(H2,28,34)(H,29,35)(H,30,31). The van der Waals surface area contributed by atoms with Gasteiger partial charge in [-0.3, -0.25) is 14.7 Å². The molecule has 0 fully saturated rings. The summed E-state index contributed by atoms with van der Waals surface area (Å²) in [6.07, 6.45) is -3.25. The quantitative estimate of drug-likeness (QED) is 0.283. The normalized spacial score (nSPS) is 11.6. The van der Waals surface area contributed by atoms with E-state index in [-0.39, 0.29) is 34.7 Å². The number of benzene rings is 2. The van der Waals surface area contributed by atoms with Gasteiger partial charge in [-0.2, -0.15) is 23.4 Å². The molecule has 10 nitrogen and oxygen atoms in total. The third-order valence-electron chi connectivity index (χ3n) is 5.37. The fourth-order valence-electron chi connectivity index (χ4n) is 3.77. The van der Waals surface area contributed by atoms with E-state index in [4.69, 9.17) is 16.2 Å². The number of carbonyl (C=O) groups excluding carboxylic acids is 2. The molecular formula is C22H19F4N7O3. The van der Waals surface area contributed by atoms with Crippen LogP contribution in [0.1, 0.15) is 26.3 Å². The van der Waals surface area contributed by atoms with Crippen molar-refractivity contribution in [3.8, 4) is 17.0 Å². The predicted octanol–water partition coefficient (Wildman–Crippen LogP) is 2.75. The van der Waals surface area contributed by atoms with E-state index in [0.29, 0.717) is 21.1 Å². The summed E-state index contributed by atoms with van der Waals surface area (Å²) >= 11 is 0. The third-order valence-corrected chi connectivity index (χ3v) is 5.37. The Kier molecular flexibility index (Phi) is 6.26. The number of carbonyl (C=O) groups is 2. The molecule has 0 aliphatic carbocycles. The molecule has 0 radical (unpaired) electrons. The van der Waals surface area contributed by atoms with Crippen LogP contribution in [0, 0.1) is 5.82 Å². The van der Waals surface area contributed by atoms with Gasteiger partial charge in [-0.05, 0) is 23.8 Å². The zero-order valence-electron chi connectivity index (χ0n) is 18.6. The van der Waals surface area contributed by atoms with Gasteiger partial charge in [0, 0.05) is 17.5 Å². The Morgan fingerprint density at radius 2 is 1.97 bits per heavy atom. The number of ether oxygens (including phenoxy) is 1. The largest absolute Gasteiger partial charge is 0.496 e. The van der Waals surface area contributed by atoms with Crippen molar-refractivity contribution in [2.45, 2.75) is 19.3 Å². The molecule has 2 aromatic heterocycles. The first-order valence-electron chi connectivity index (χ1n) is 10.3. The molecule has 0 saturated heterocycles. The van der Waals surface area contributed by atoms with E-state index in [9.17, 15) is 27.2 Å². The number of hydrogen-bond donors (Lipinski definition) is 4. The highest BCUT2D eigenvalue weighted by Crippen LogP contribution is 2.34. The number of H-pyrrole nitrogens is 1. The topological polar surface area (TPSA) is 154 Å². The van der Waals surface area contributed by atoms with Gasteiger partial charge in [0.15, 0.2) is 0 Å². The lowest BCUT2D eigenvalue weighted by Gasteiger charge is -2.11. The highest BCUT2D eigenvalue weighted by Gasteiger charge is 2.32. The Morgan fingerprint density at radius 1 is 1.22 bits per heavy atom. The predicted molar refractivity (Wildman–Crippen MR) is 120 cm³/mol. The summed E-state index contributed by atoms with van der Waals surface area (Å²) in [5, 5.41) is 13.7. The first kappa shape index (κ1) is 24.5. The van der Waals surface area contributed by atoms with Crippen molar-refractivity contribution in [2.24, 2.45) is 5.73 Å². The first-order valence-corrected chi connectivity index (χ1v) is 10.3. The molecule has 0 unspecified atom stereocenters. The molecule has 0 aliphatic rings. The van der Waals surface area contributed by atoms with Gasteiger partial charge in [0.25, 0.3) is 11.8 Å². The maximum Gasteiger partial charge on any atom is 0.408 e. The van der Waals surface area contributed by atoms with Crippen molar-refractivity contribution in [3.63, 3.8) is 0 Å². The van der Waals surface area contributed by atoms with Crippen LogP contribution in [0.2, 0.25) is 0 Å². The second-order valence-electron chi connectivity index (χ2n) is 7.70. The molecule has 6 N–H and O–H groups in total. The van der Waals surface area contributed by atoms with Crippen LogP contribution < -0.4 is 21.5 Å². The maximum absolute atomic E-state index is 13.6. The maximum atomic E-state index is 13.6. The number of halogens is 4. The molecule has 0 aliphatic heterocycles. The smallest absolute Gasteiger partial charge is 0.408 e. The second kappa shape index (κ2) is 9.20. The van der Waals surface area contributed by atoms with Crippen LogP contribution in [0.15, 0.2) is 36.5 Å². The summed E-state index contributed by atoms with van der Waals surface area (Å²) in [6, 6.07) is 6.57. The molecule has 4 rings (SSSR count). The van der Waals surface area contributed by atoms with Crippen LogP contribution in [-0.4, -0.2) is 45.1 Å². The number of nitrogens with one attached hydrogen (secondary N) is 2. The van der Waals surface area contributed by atoms with E-state index in [1.165, 1.54) is 25.4 Å². The van der Waals surface area contributed by atoms with Crippen molar-refractivity contribution < 1.29 is 31.9 Å². The Balaban J connectivity index is 1.69. The molecule has 14 heteroatoms. The number of rotatable bonds is 7. The highest BCUT2D eigenvalue weighted by molar-refractivity contribution is 6.07. The number of nitrogens with zero attached hydrogens (tertiary/aromatic N) is 3. The summed E-state index contributed by atoms with van der Waals surface area (Å²) in [4.78, 5) is 24.7. The number of nitrogens with two attached hydrogens (primary N) is 2. The molecule has 2 aromatic carbocycles. The molecule has 2 heterocycles. The molecule has 188 valence electrons. The molecule has 0 spiro atoms. The Labute approximate surface area is 200 Å². The van der Waals surface area contributed by atoms with Crippen molar-refractivity contribution in [1.82, 2.24) is 25.3 Å². The van der Waals surface area contributed by atoms with Gasteiger partial charge in [-0.25, -0.2) is 9.07 Å². The monoisotopic (exact) mass is 505 g/mol. The van der Waals surface area contributed by atoms with Crippen LogP contribution in [0.4, 0.5) is 23.4 Å². The molecule has 0 atom stereocenters. The number of methoxy groups -OCH3 is 1. The minimum Gasteiger partial charge on any atom is -0.496 e. The van der Waals surface area contributed by atoms with Crippen molar-refractivity contribution in [3.05, 3.63) is 59.0 Å². The number of anilines is 1. The zero-order valence-corrected chi connectivity index (χ0v) is 18.6. The van der Waals surface area contributed by atoms with Gasteiger partial charge in [0.05, 0.1) is 24.4 Å². The minimum absolute atomic E-state index is 0.00763. The van der Waals surface area contributed by atoms with Crippen LogP contribution in [-0.2, 0) is 13.1 Å². The van der Waals surface area contributed by atoms with Crippen molar-refractivity contribution in [2.75, 3.05) is 12.8 Å². The Bertz CT molecular complexity index is 1480. The summed E-state index contributed by atoms with van der Waals surface area (Å²) in [6.45, 7) is -1.54. The van der Waals surface area contributed by atoms with E-state index in [0.717, 1.165) is 12.1 Å². The van der Waals surface area contributed by atoms with Crippen LogP contribution in [0.3, 0.4) is 0 Å². The number of fused-ring (bicyclic) bond motifs is 1. The number of primary amides is 1. The molecule has 4 aromatic rings. The van der Waals surface area contributed by atoms with Crippen LogP contribution >= 0.6 is 0 Å². The number of amides is 2. The second-order valence-corrected chi connectivity index (χ2v) is 7.70. The van der Waals surface area contributed by atoms with Gasteiger partial charge in [-0.1, -0.05) is 12.1 Å². The molecular weight excluding hydrogens is 486 g/mol. The first-order chi connectivity index (χ1) is 17.0. The van der Waals surface area contributed by atoms with Gasteiger partial charge in [0.1, 0.15) is 35.2 Å². The van der Waals surface area contributed by atoms with Gasteiger partial charge < -0.3 is 21.5 Å². The lowest BCUT2D eigenvalue weighted by Crippen LogP contribution is -2.23. The lowest BCUT2D eigenvalue weighted by atomic mass is 10.0.